The van der Waals surface area contributed by atoms with Crippen molar-refractivity contribution in [1.29, 1.82) is 0 Å². The summed E-state index contributed by atoms with van der Waals surface area (Å²) < 4.78 is 0. The first-order valence-corrected chi connectivity index (χ1v) is 7.94. The summed E-state index contributed by atoms with van der Waals surface area (Å²) in [6, 6.07) is 11.2. The van der Waals surface area contributed by atoms with Crippen molar-refractivity contribution >= 4 is 11.3 Å². The minimum absolute atomic E-state index is 0.469. The molecule has 2 aromatic rings. The minimum Gasteiger partial charge on any atom is -0.309 e. The fourth-order valence-corrected chi connectivity index (χ4v) is 2.95. The van der Waals surface area contributed by atoms with Crippen molar-refractivity contribution in [3.63, 3.8) is 0 Å². The highest BCUT2D eigenvalue weighted by Gasteiger charge is 2.11. The molecule has 1 N–H and O–H groups in total. The van der Waals surface area contributed by atoms with E-state index in [2.05, 4.69) is 47.6 Å². The second-order valence-corrected chi connectivity index (χ2v) is 5.71. The van der Waals surface area contributed by atoms with Crippen LogP contribution in [0.3, 0.4) is 0 Å². The van der Waals surface area contributed by atoms with E-state index in [4.69, 9.17) is 0 Å². The lowest BCUT2D eigenvalue weighted by Gasteiger charge is -2.16. The average molecular weight is 274 g/mol. The van der Waals surface area contributed by atoms with Gasteiger partial charge in [0.15, 0.2) is 0 Å². The van der Waals surface area contributed by atoms with Gasteiger partial charge in [0.2, 0.25) is 0 Å². The Hall–Kier alpha value is -1.19. The first-order valence-electron chi connectivity index (χ1n) is 7.06. The number of hydrogen-bond donors (Lipinski definition) is 1. The zero-order valence-electron chi connectivity index (χ0n) is 11.5. The van der Waals surface area contributed by atoms with Gasteiger partial charge in [0.05, 0.1) is 5.51 Å². The van der Waals surface area contributed by atoms with Crippen LogP contribution in [0.25, 0.3) is 0 Å². The van der Waals surface area contributed by atoms with E-state index in [9.17, 15) is 0 Å². The highest BCUT2D eigenvalue weighted by atomic mass is 32.1. The van der Waals surface area contributed by atoms with Gasteiger partial charge in [-0.25, -0.2) is 0 Å². The molecule has 0 aliphatic carbocycles. The van der Waals surface area contributed by atoms with Crippen molar-refractivity contribution in [2.75, 3.05) is 6.54 Å². The maximum atomic E-state index is 4.20. The molecule has 0 aliphatic heterocycles. The van der Waals surface area contributed by atoms with E-state index in [1.807, 2.05) is 11.7 Å². The second-order valence-electron chi connectivity index (χ2n) is 4.79. The molecule has 0 radical (unpaired) electrons. The lowest BCUT2D eigenvalue weighted by molar-refractivity contribution is 0.490. The predicted octanol–water partition coefficient (Wildman–Crippen LogP) is 4.21. The summed E-state index contributed by atoms with van der Waals surface area (Å²) in [5.74, 6) is 0. The largest absolute Gasteiger partial charge is 0.309 e. The number of hydrogen-bond acceptors (Lipinski definition) is 3. The summed E-state index contributed by atoms with van der Waals surface area (Å²) in [5.41, 5.74) is 3.36. The van der Waals surface area contributed by atoms with Crippen LogP contribution in [-0.4, -0.2) is 11.5 Å². The van der Waals surface area contributed by atoms with Crippen LogP contribution in [0.2, 0.25) is 0 Å². The van der Waals surface area contributed by atoms with E-state index in [0.29, 0.717) is 6.04 Å². The molecule has 0 saturated heterocycles. The van der Waals surface area contributed by atoms with Crippen LogP contribution in [0.1, 0.15) is 42.7 Å². The van der Waals surface area contributed by atoms with Crippen LogP contribution in [-0.2, 0) is 6.42 Å². The Morgan fingerprint density at radius 2 is 2.11 bits per heavy atom. The molecule has 3 heteroatoms. The van der Waals surface area contributed by atoms with Crippen LogP contribution >= 0.6 is 11.3 Å². The van der Waals surface area contributed by atoms with E-state index >= 15 is 0 Å². The molecule has 1 heterocycles. The Morgan fingerprint density at radius 1 is 1.26 bits per heavy atom. The Morgan fingerprint density at radius 3 is 2.79 bits per heavy atom. The van der Waals surface area contributed by atoms with Crippen molar-refractivity contribution in [1.82, 2.24) is 10.3 Å². The minimum atomic E-state index is 0.469. The lowest BCUT2D eigenvalue weighted by atomic mass is 10.0. The molecule has 0 fully saturated rings. The summed E-state index contributed by atoms with van der Waals surface area (Å²) in [6.07, 6.45) is 6.72. The molecular formula is C16H22N2S. The average Bonchev–Trinajstić information content (AvgIpc) is 2.98. The van der Waals surface area contributed by atoms with Gasteiger partial charge in [0.25, 0.3) is 0 Å². The van der Waals surface area contributed by atoms with Crippen molar-refractivity contribution in [2.45, 2.75) is 38.6 Å². The zero-order valence-corrected chi connectivity index (χ0v) is 12.3. The van der Waals surface area contributed by atoms with Gasteiger partial charge >= 0.3 is 0 Å². The quantitative estimate of drug-likeness (QED) is 0.780. The Kier molecular flexibility index (Phi) is 6.05. The van der Waals surface area contributed by atoms with Crippen molar-refractivity contribution in [3.05, 3.63) is 52.5 Å². The maximum absolute atomic E-state index is 4.20. The third-order valence-electron chi connectivity index (χ3n) is 3.24. The summed E-state index contributed by atoms with van der Waals surface area (Å²) >= 11 is 1.75. The molecule has 1 unspecified atom stereocenters. The highest BCUT2D eigenvalue weighted by Crippen LogP contribution is 2.22. The van der Waals surface area contributed by atoms with Crippen molar-refractivity contribution in [3.8, 4) is 0 Å². The van der Waals surface area contributed by atoms with E-state index < -0.39 is 0 Å². The highest BCUT2D eigenvalue weighted by molar-refractivity contribution is 7.09. The van der Waals surface area contributed by atoms with E-state index in [1.54, 1.807) is 11.3 Å². The van der Waals surface area contributed by atoms with Crippen molar-refractivity contribution < 1.29 is 0 Å². The fourth-order valence-electron chi connectivity index (χ4n) is 2.22. The van der Waals surface area contributed by atoms with Gasteiger partial charge in [-0.15, -0.1) is 11.3 Å². The Labute approximate surface area is 119 Å². The third-order valence-corrected chi connectivity index (χ3v) is 4.13. The molecular weight excluding hydrogens is 252 g/mol. The van der Waals surface area contributed by atoms with Crippen LogP contribution in [0.5, 0.6) is 0 Å². The monoisotopic (exact) mass is 274 g/mol. The van der Waals surface area contributed by atoms with E-state index in [0.717, 1.165) is 13.0 Å². The van der Waals surface area contributed by atoms with Gasteiger partial charge in [0.1, 0.15) is 0 Å². The maximum Gasteiger partial charge on any atom is 0.0794 e. The smallest absolute Gasteiger partial charge is 0.0794 e. The van der Waals surface area contributed by atoms with E-state index in [-0.39, 0.29) is 0 Å². The van der Waals surface area contributed by atoms with Crippen molar-refractivity contribution in [2.24, 2.45) is 0 Å². The lowest BCUT2D eigenvalue weighted by Crippen LogP contribution is -2.21. The van der Waals surface area contributed by atoms with Crippen LogP contribution in [0.4, 0.5) is 0 Å². The van der Waals surface area contributed by atoms with Crippen LogP contribution in [0.15, 0.2) is 42.0 Å². The first-order chi connectivity index (χ1) is 9.40. The molecule has 0 saturated carbocycles. The summed E-state index contributed by atoms with van der Waals surface area (Å²) in [5, 5.41) is 3.63. The topological polar surface area (TPSA) is 24.9 Å². The van der Waals surface area contributed by atoms with Gasteiger partial charge in [-0.3, -0.25) is 4.98 Å². The predicted molar refractivity (Wildman–Crippen MR) is 82.5 cm³/mol. The third kappa shape index (κ3) is 4.77. The Bertz CT molecular complexity index is 439. The number of benzene rings is 1. The second kappa shape index (κ2) is 8.08. The summed E-state index contributed by atoms with van der Waals surface area (Å²) in [4.78, 5) is 5.56. The number of nitrogens with one attached hydrogen (secondary N) is 1. The molecule has 2 rings (SSSR count). The molecule has 102 valence electrons. The molecule has 0 spiro atoms. The van der Waals surface area contributed by atoms with Gasteiger partial charge in [-0.1, -0.05) is 37.3 Å². The number of nitrogens with zero attached hydrogens (tertiary/aromatic N) is 1. The molecule has 1 aromatic carbocycles. The molecule has 2 nitrogen and oxygen atoms in total. The standard InChI is InChI=1S/C16H22N2S/c1-2-11-18-15(16-12-17-13-19-16)10-6-9-14-7-4-3-5-8-14/h3-5,7-8,12-13,15,18H,2,6,9-11H2,1H3. The summed E-state index contributed by atoms with van der Waals surface area (Å²) in [7, 11) is 0. The molecule has 1 atom stereocenters. The van der Waals surface area contributed by atoms with Crippen LogP contribution in [0, 0.1) is 0 Å². The Balaban J connectivity index is 1.83. The molecule has 19 heavy (non-hydrogen) atoms. The summed E-state index contributed by atoms with van der Waals surface area (Å²) in [6.45, 7) is 3.29. The van der Waals surface area contributed by atoms with Gasteiger partial charge in [0, 0.05) is 17.1 Å². The molecule has 0 bridgehead atoms. The molecule has 1 aromatic heterocycles. The fraction of sp³-hybridized carbons (Fsp3) is 0.438. The number of aromatic nitrogens is 1. The molecule has 0 amide bonds. The van der Waals surface area contributed by atoms with Gasteiger partial charge < -0.3 is 5.32 Å². The number of aryl methyl sites for hydroxylation is 1. The van der Waals surface area contributed by atoms with Crippen LogP contribution < -0.4 is 5.32 Å². The van der Waals surface area contributed by atoms with E-state index in [1.165, 1.54) is 29.7 Å². The van der Waals surface area contributed by atoms with Gasteiger partial charge in [-0.2, -0.15) is 0 Å². The normalized spacial score (nSPS) is 12.5. The van der Waals surface area contributed by atoms with Gasteiger partial charge in [-0.05, 0) is 37.8 Å². The SMILES string of the molecule is CCCNC(CCCc1ccccc1)c1cncs1. The zero-order chi connectivity index (χ0) is 13.3. The number of thiazole rings is 1. The first kappa shape index (κ1) is 14.2. The number of rotatable bonds is 8. The molecule has 0 aliphatic rings.